The molecule has 0 saturated carbocycles. The smallest absolute Gasteiger partial charge is 0.323 e. The summed E-state index contributed by atoms with van der Waals surface area (Å²) in [6.07, 6.45) is 2.93. The van der Waals surface area contributed by atoms with E-state index < -0.39 is 0 Å². The topological polar surface area (TPSA) is 47.6 Å². The third-order valence-electron chi connectivity index (χ3n) is 2.73. The summed E-state index contributed by atoms with van der Waals surface area (Å²) in [4.78, 5) is 11.7. The lowest BCUT2D eigenvalue weighted by Gasteiger charge is -2.19. The molecule has 0 rings (SSSR count). The zero-order valence-corrected chi connectivity index (χ0v) is 13.2. The van der Waals surface area contributed by atoms with E-state index >= 15 is 0 Å². The van der Waals surface area contributed by atoms with Gasteiger partial charge in [-0.2, -0.15) is 0 Å². The molecule has 0 aromatic rings. The van der Waals surface area contributed by atoms with Crippen LogP contribution in [-0.2, 0) is 14.3 Å². The highest BCUT2D eigenvalue weighted by molar-refractivity contribution is 5.75. The molecule has 0 heterocycles. The van der Waals surface area contributed by atoms with Crippen molar-refractivity contribution in [1.82, 2.24) is 5.32 Å². The van der Waals surface area contributed by atoms with E-state index in [1.807, 2.05) is 20.8 Å². The minimum absolute atomic E-state index is 0.179. The summed E-state index contributed by atoms with van der Waals surface area (Å²) >= 11 is 0. The largest absolute Gasteiger partial charge is 0.465 e. The molecule has 0 saturated heterocycles. The molecule has 0 bridgehead atoms. The van der Waals surface area contributed by atoms with E-state index in [1.54, 1.807) is 0 Å². The maximum absolute atomic E-state index is 11.7. The van der Waals surface area contributed by atoms with Crippen LogP contribution in [0.1, 0.15) is 53.9 Å². The van der Waals surface area contributed by atoms with Gasteiger partial charge in [0.25, 0.3) is 0 Å². The first-order chi connectivity index (χ1) is 8.97. The van der Waals surface area contributed by atoms with Crippen molar-refractivity contribution >= 4 is 5.97 Å². The second-order valence-corrected chi connectivity index (χ2v) is 5.56. The predicted molar refractivity (Wildman–Crippen MR) is 78.2 cm³/mol. The minimum Gasteiger partial charge on any atom is -0.465 e. The van der Waals surface area contributed by atoms with Crippen LogP contribution in [0.15, 0.2) is 0 Å². The van der Waals surface area contributed by atoms with Gasteiger partial charge in [-0.1, -0.05) is 27.7 Å². The standard InChI is InChI=1S/C15H31NO3/c1-6-19-15(17)14(16-13(4)5)9-11-18-10-7-8-12(2)3/h12-14,16H,6-11H2,1-5H3. The van der Waals surface area contributed by atoms with Gasteiger partial charge >= 0.3 is 5.97 Å². The number of hydrogen-bond donors (Lipinski definition) is 1. The van der Waals surface area contributed by atoms with E-state index in [2.05, 4.69) is 19.2 Å². The van der Waals surface area contributed by atoms with E-state index in [4.69, 9.17) is 9.47 Å². The summed E-state index contributed by atoms with van der Waals surface area (Å²) in [6.45, 7) is 12.1. The summed E-state index contributed by atoms with van der Waals surface area (Å²) < 4.78 is 10.6. The molecule has 0 spiro atoms. The van der Waals surface area contributed by atoms with Crippen molar-refractivity contribution in [1.29, 1.82) is 0 Å². The molecule has 0 aliphatic rings. The Morgan fingerprint density at radius 2 is 1.79 bits per heavy atom. The zero-order chi connectivity index (χ0) is 14.7. The Morgan fingerprint density at radius 1 is 1.11 bits per heavy atom. The SMILES string of the molecule is CCOC(=O)C(CCOCCCC(C)C)NC(C)C. The van der Waals surface area contributed by atoms with Crippen LogP contribution in [-0.4, -0.2) is 37.9 Å². The second kappa shape index (κ2) is 11.2. The summed E-state index contributed by atoms with van der Waals surface area (Å²) in [5.41, 5.74) is 0. The summed E-state index contributed by atoms with van der Waals surface area (Å²) in [6, 6.07) is 0.000367. The first-order valence-electron chi connectivity index (χ1n) is 7.47. The molecular weight excluding hydrogens is 242 g/mol. The van der Waals surface area contributed by atoms with Crippen LogP contribution in [0.25, 0.3) is 0 Å². The van der Waals surface area contributed by atoms with Crippen molar-refractivity contribution in [2.45, 2.75) is 66.0 Å². The molecule has 0 aliphatic carbocycles. The van der Waals surface area contributed by atoms with Gasteiger partial charge in [-0.25, -0.2) is 0 Å². The van der Waals surface area contributed by atoms with Gasteiger partial charge in [-0.3, -0.25) is 4.79 Å². The van der Waals surface area contributed by atoms with E-state index in [9.17, 15) is 4.79 Å². The summed E-state index contributed by atoms with van der Waals surface area (Å²) in [5, 5.41) is 3.22. The maximum Gasteiger partial charge on any atom is 0.323 e. The van der Waals surface area contributed by atoms with Crippen LogP contribution in [0.5, 0.6) is 0 Å². The molecule has 0 amide bonds. The van der Waals surface area contributed by atoms with Crippen molar-refractivity contribution < 1.29 is 14.3 Å². The zero-order valence-electron chi connectivity index (χ0n) is 13.2. The Labute approximate surface area is 118 Å². The molecule has 1 unspecified atom stereocenters. The number of nitrogens with one attached hydrogen (secondary N) is 1. The van der Waals surface area contributed by atoms with Crippen LogP contribution in [0.4, 0.5) is 0 Å². The normalized spacial score (nSPS) is 13.0. The van der Waals surface area contributed by atoms with Crippen LogP contribution in [0.2, 0.25) is 0 Å². The lowest BCUT2D eigenvalue weighted by Crippen LogP contribution is -2.42. The molecule has 0 aliphatic heterocycles. The average Bonchev–Trinajstić information content (AvgIpc) is 2.31. The van der Waals surface area contributed by atoms with Crippen molar-refractivity contribution in [3.05, 3.63) is 0 Å². The van der Waals surface area contributed by atoms with Gasteiger partial charge in [-0.05, 0) is 32.1 Å². The highest BCUT2D eigenvalue weighted by Crippen LogP contribution is 2.04. The molecular formula is C15H31NO3. The van der Waals surface area contributed by atoms with Gasteiger partial charge in [0.15, 0.2) is 0 Å². The quantitative estimate of drug-likeness (QED) is 0.464. The van der Waals surface area contributed by atoms with Crippen molar-refractivity contribution in [2.24, 2.45) is 5.92 Å². The number of hydrogen-bond acceptors (Lipinski definition) is 4. The molecule has 114 valence electrons. The molecule has 1 N–H and O–H groups in total. The van der Waals surface area contributed by atoms with E-state index in [0.29, 0.717) is 19.6 Å². The highest BCUT2D eigenvalue weighted by Gasteiger charge is 2.19. The summed E-state index contributed by atoms with van der Waals surface area (Å²) in [5.74, 6) is 0.542. The minimum atomic E-state index is -0.259. The molecule has 0 fully saturated rings. The van der Waals surface area contributed by atoms with Crippen LogP contribution in [0, 0.1) is 5.92 Å². The van der Waals surface area contributed by atoms with Crippen molar-refractivity contribution in [3.8, 4) is 0 Å². The predicted octanol–water partition coefficient (Wildman–Crippen LogP) is 2.76. The number of ether oxygens (including phenoxy) is 2. The number of esters is 1. The van der Waals surface area contributed by atoms with E-state index in [-0.39, 0.29) is 18.1 Å². The number of carbonyl (C=O) groups excluding carboxylic acids is 1. The third-order valence-corrected chi connectivity index (χ3v) is 2.73. The van der Waals surface area contributed by atoms with Crippen molar-refractivity contribution in [2.75, 3.05) is 19.8 Å². The molecule has 4 nitrogen and oxygen atoms in total. The fraction of sp³-hybridized carbons (Fsp3) is 0.933. The lowest BCUT2D eigenvalue weighted by molar-refractivity contribution is -0.146. The van der Waals surface area contributed by atoms with Gasteiger partial charge < -0.3 is 14.8 Å². The molecule has 0 aromatic carbocycles. The Balaban J connectivity index is 3.83. The maximum atomic E-state index is 11.7. The van der Waals surface area contributed by atoms with Gasteiger partial charge in [-0.15, -0.1) is 0 Å². The van der Waals surface area contributed by atoms with Gasteiger partial charge in [0.05, 0.1) is 6.61 Å². The van der Waals surface area contributed by atoms with E-state index in [1.165, 1.54) is 6.42 Å². The van der Waals surface area contributed by atoms with E-state index in [0.717, 1.165) is 18.9 Å². The Bertz CT molecular complexity index is 229. The van der Waals surface area contributed by atoms with Crippen LogP contribution >= 0.6 is 0 Å². The molecule has 1 atom stereocenters. The number of carbonyl (C=O) groups is 1. The lowest BCUT2D eigenvalue weighted by atomic mass is 10.1. The Kier molecular flexibility index (Phi) is 10.9. The Morgan fingerprint density at radius 3 is 2.32 bits per heavy atom. The van der Waals surface area contributed by atoms with Crippen LogP contribution in [0.3, 0.4) is 0 Å². The monoisotopic (exact) mass is 273 g/mol. The molecule has 0 aromatic heterocycles. The average molecular weight is 273 g/mol. The van der Waals surface area contributed by atoms with Gasteiger partial charge in [0.1, 0.15) is 6.04 Å². The fourth-order valence-electron chi connectivity index (χ4n) is 1.81. The highest BCUT2D eigenvalue weighted by atomic mass is 16.5. The van der Waals surface area contributed by atoms with Gasteiger partial charge in [0.2, 0.25) is 0 Å². The second-order valence-electron chi connectivity index (χ2n) is 5.56. The fourth-order valence-corrected chi connectivity index (χ4v) is 1.81. The molecule has 0 radical (unpaired) electrons. The number of rotatable bonds is 11. The van der Waals surface area contributed by atoms with Crippen molar-refractivity contribution in [3.63, 3.8) is 0 Å². The first-order valence-corrected chi connectivity index (χ1v) is 7.47. The first kappa shape index (κ1) is 18.4. The Hall–Kier alpha value is -0.610. The summed E-state index contributed by atoms with van der Waals surface area (Å²) in [7, 11) is 0. The third kappa shape index (κ3) is 11.0. The van der Waals surface area contributed by atoms with Gasteiger partial charge in [0, 0.05) is 19.3 Å². The molecule has 19 heavy (non-hydrogen) atoms. The molecule has 4 heteroatoms. The van der Waals surface area contributed by atoms with Crippen LogP contribution < -0.4 is 5.32 Å².